The van der Waals surface area contributed by atoms with Crippen LogP contribution in [0.15, 0.2) is 28.7 Å². The summed E-state index contributed by atoms with van der Waals surface area (Å²) in [5, 5.41) is 0. The average Bonchev–Trinajstić information content (AvgIpc) is 2.82. The molecule has 18 heavy (non-hydrogen) atoms. The molecule has 100 valence electrons. The summed E-state index contributed by atoms with van der Waals surface area (Å²) in [7, 11) is 0. The third kappa shape index (κ3) is 3.14. The zero-order valence-corrected chi connectivity index (χ0v) is 12.9. The Morgan fingerprint density at radius 2 is 2.00 bits per heavy atom. The zero-order valence-electron chi connectivity index (χ0n) is 11.3. The van der Waals surface area contributed by atoms with E-state index in [1.165, 1.54) is 25.1 Å². The van der Waals surface area contributed by atoms with Crippen molar-refractivity contribution in [3.05, 3.63) is 34.3 Å². The summed E-state index contributed by atoms with van der Waals surface area (Å²) in [6.45, 7) is 7.72. The van der Waals surface area contributed by atoms with E-state index in [0.29, 0.717) is 12.6 Å². The van der Waals surface area contributed by atoms with Gasteiger partial charge in [-0.1, -0.05) is 41.9 Å². The van der Waals surface area contributed by atoms with Gasteiger partial charge >= 0.3 is 0 Å². The van der Waals surface area contributed by atoms with Gasteiger partial charge < -0.3 is 5.73 Å². The molecule has 0 bridgehead atoms. The lowest BCUT2D eigenvalue weighted by atomic mass is 9.95. The Bertz CT molecular complexity index is 375. The molecule has 1 aromatic rings. The molecular weight excluding hydrogens is 288 g/mol. The van der Waals surface area contributed by atoms with E-state index in [4.69, 9.17) is 5.73 Å². The maximum absolute atomic E-state index is 5.99. The largest absolute Gasteiger partial charge is 0.329 e. The van der Waals surface area contributed by atoms with Crippen LogP contribution in [0, 0.1) is 11.8 Å². The number of nitrogens with zero attached hydrogens (tertiary/aromatic N) is 1. The average molecular weight is 311 g/mol. The van der Waals surface area contributed by atoms with Crippen LogP contribution in [0.5, 0.6) is 0 Å². The van der Waals surface area contributed by atoms with Crippen LogP contribution in [-0.4, -0.2) is 24.5 Å². The molecule has 1 heterocycles. The van der Waals surface area contributed by atoms with Gasteiger partial charge in [0.1, 0.15) is 0 Å². The van der Waals surface area contributed by atoms with Gasteiger partial charge in [-0.25, -0.2) is 0 Å². The fourth-order valence-corrected chi connectivity index (χ4v) is 3.09. The molecule has 0 radical (unpaired) electrons. The van der Waals surface area contributed by atoms with Crippen molar-refractivity contribution < 1.29 is 0 Å². The topological polar surface area (TPSA) is 29.3 Å². The normalized spacial score (nSPS) is 22.6. The van der Waals surface area contributed by atoms with Crippen molar-refractivity contribution in [1.82, 2.24) is 4.90 Å². The first kappa shape index (κ1) is 14.0. The second-order valence-electron chi connectivity index (χ2n) is 5.59. The van der Waals surface area contributed by atoms with Crippen LogP contribution in [0.2, 0.25) is 0 Å². The summed E-state index contributed by atoms with van der Waals surface area (Å²) in [4.78, 5) is 2.55. The molecule has 0 saturated carbocycles. The van der Waals surface area contributed by atoms with Crippen molar-refractivity contribution in [3.63, 3.8) is 0 Å². The minimum absolute atomic E-state index is 0.377. The Morgan fingerprint density at radius 1 is 1.33 bits per heavy atom. The molecule has 1 aliphatic rings. The molecule has 2 unspecified atom stereocenters. The fraction of sp³-hybridized carbons (Fsp3) is 0.600. The van der Waals surface area contributed by atoms with Gasteiger partial charge in [0.2, 0.25) is 0 Å². The Balaban J connectivity index is 2.08. The van der Waals surface area contributed by atoms with Gasteiger partial charge in [-0.3, -0.25) is 4.90 Å². The van der Waals surface area contributed by atoms with Crippen molar-refractivity contribution in [3.8, 4) is 0 Å². The number of hydrogen-bond donors (Lipinski definition) is 1. The third-order valence-electron chi connectivity index (χ3n) is 4.12. The number of halogens is 1. The summed E-state index contributed by atoms with van der Waals surface area (Å²) in [5.74, 6) is 1.60. The highest BCUT2D eigenvalue weighted by atomic mass is 79.9. The van der Waals surface area contributed by atoms with E-state index in [0.717, 1.165) is 16.3 Å². The quantitative estimate of drug-likeness (QED) is 0.923. The van der Waals surface area contributed by atoms with E-state index >= 15 is 0 Å². The Kier molecular flexibility index (Phi) is 4.82. The van der Waals surface area contributed by atoms with E-state index in [1.807, 2.05) is 0 Å². The summed E-state index contributed by atoms with van der Waals surface area (Å²) in [6, 6.07) is 8.96. The Morgan fingerprint density at radius 3 is 2.50 bits per heavy atom. The summed E-state index contributed by atoms with van der Waals surface area (Å²) in [5.41, 5.74) is 7.33. The lowest BCUT2D eigenvalue weighted by Crippen LogP contribution is -2.32. The minimum Gasteiger partial charge on any atom is -0.329 e. The third-order valence-corrected chi connectivity index (χ3v) is 4.65. The number of hydrogen-bond acceptors (Lipinski definition) is 2. The molecule has 3 heteroatoms. The molecule has 2 N–H and O–H groups in total. The summed E-state index contributed by atoms with van der Waals surface area (Å²) < 4.78 is 1.13. The van der Waals surface area contributed by atoms with Crippen molar-refractivity contribution in [2.24, 2.45) is 17.6 Å². The lowest BCUT2D eigenvalue weighted by molar-refractivity contribution is 0.232. The van der Waals surface area contributed by atoms with Crippen LogP contribution in [0.1, 0.15) is 31.9 Å². The molecule has 0 aliphatic carbocycles. The van der Waals surface area contributed by atoms with Crippen LogP contribution in [0.4, 0.5) is 0 Å². The van der Waals surface area contributed by atoms with Crippen molar-refractivity contribution in [2.75, 3.05) is 19.6 Å². The second-order valence-corrected chi connectivity index (χ2v) is 6.51. The van der Waals surface area contributed by atoms with Gasteiger partial charge in [-0.05, 0) is 42.5 Å². The van der Waals surface area contributed by atoms with Crippen LogP contribution < -0.4 is 5.73 Å². The van der Waals surface area contributed by atoms with Gasteiger partial charge in [0.25, 0.3) is 0 Å². The predicted octanol–water partition coefficient (Wildman–Crippen LogP) is 3.43. The highest BCUT2D eigenvalue weighted by molar-refractivity contribution is 9.10. The Labute approximate surface area is 119 Å². The first-order chi connectivity index (χ1) is 8.61. The molecule has 2 rings (SSSR count). The maximum Gasteiger partial charge on any atom is 0.0470 e. The first-order valence-electron chi connectivity index (χ1n) is 6.81. The van der Waals surface area contributed by atoms with E-state index in [2.05, 4.69) is 58.9 Å². The van der Waals surface area contributed by atoms with E-state index in [1.54, 1.807) is 0 Å². The van der Waals surface area contributed by atoms with Crippen LogP contribution in [0.25, 0.3) is 0 Å². The molecule has 1 aliphatic heterocycles. The summed E-state index contributed by atoms with van der Waals surface area (Å²) >= 11 is 3.48. The van der Waals surface area contributed by atoms with E-state index in [-0.39, 0.29) is 0 Å². The van der Waals surface area contributed by atoms with Crippen LogP contribution >= 0.6 is 15.9 Å². The molecule has 1 aromatic carbocycles. The van der Waals surface area contributed by atoms with Crippen molar-refractivity contribution >= 4 is 15.9 Å². The summed E-state index contributed by atoms with van der Waals surface area (Å²) in [6.07, 6.45) is 1.31. The van der Waals surface area contributed by atoms with Gasteiger partial charge in [-0.15, -0.1) is 0 Å². The molecular formula is C15H23BrN2. The highest BCUT2D eigenvalue weighted by Gasteiger charge is 2.29. The van der Waals surface area contributed by atoms with Gasteiger partial charge in [-0.2, -0.15) is 0 Å². The molecule has 2 nitrogen and oxygen atoms in total. The number of nitrogens with two attached hydrogens (primary N) is 1. The number of benzene rings is 1. The standard InChI is InChI=1S/C15H23BrN2/c1-11(2)13-7-8-18(10-13)15(9-17)12-3-5-14(16)6-4-12/h3-6,11,13,15H,7-10,17H2,1-2H3. The first-order valence-corrected chi connectivity index (χ1v) is 7.60. The molecule has 2 atom stereocenters. The molecule has 0 spiro atoms. The minimum atomic E-state index is 0.377. The van der Waals surface area contributed by atoms with Crippen LogP contribution in [-0.2, 0) is 0 Å². The Hall–Kier alpha value is -0.380. The fourth-order valence-electron chi connectivity index (χ4n) is 2.82. The number of likely N-dealkylation sites (tertiary alicyclic amines) is 1. The number of rotatable bonds is 4. The van der Waals surface area contributed by atoms with Gasteiger partial charge in [0.15, 0.2) is 0 Å². The van der Waals surface area contributed by atoms with Gasteiger partial charge in [0, 0.05) is 23.6 Å². The van der Waals surface area contributed by atoms with Crippen molar-refractivity contribution in [2.45, 2.75) is 26.3 Å². The monoisotopic (exact) mass is 310 g/mol. The maximum atomic E-state index is 5.99. The molecule has 1 saturated heterocycles. The zero-order chi connectivity index (χ0) is 13.1. The van der Waals surface area contributed by atoms with E-state index in [9.17, 15) is 0 Å². The molecule has 0 aromatic heterocycles. The van der Waals surface area contributed by atoms with Gasteiger partial charge in [0.05, 0.1) is 0 Å². The smallest absolute Gasteiger partial charge is 0.0470 e. The highest BCUT2D eigenvalue weighted by Crippen LogP contribution is 2.30. The molecule has 1 fully saturated rings. The second kappa shape index (κ2) is 6.18. The lowest BCUT2D eigenvalue weighted by Gasteiger charge is -2.27. The SMILES string of the molecule is CC(C)C1CCN(C(CN)c2ccc(Br)cc2)C1. The predicted molar refractivity (Wildman–Crippen MR) is 80.5 cm³/mol. The van der Waals surface area contributed by atoms with Crippen LogP contribution in [0.3, 0.4) is 0 Å². The van der Waals surface area contributed by atoms with Crippen molar-refractivity contribution in [1.29, 1.82) is 0 Å². The molecule has 0 amide bonds. The van der Waals surface area contributed by atoms with E-state index < -0.39 is 0 Å².